The molecular weight excluding hydrogens is 408 g/mol. The monoisotopic (exact) mass is 426 g/mol. The van der Waals surface area contributed by atoms with Crippen LogP contribution in [-0.4, -0.2) is 21.4 Å². The van der Waals surface area contributed by atoms with Gasteiger partial charge in [-0.1, -0.05) is 28.1 Å². The van der Waals surface area contributed by atoms with Gasteiger partial charge in [-0.25, -0.2) is 13.6 Å². The van der Waals surface area contributed by atoms with Crippen molar-refractivity contribution in [2.75, 3.05) is 7.11 Å². The zero-order valence-corrected chi connectivity index (χ0v) is 16.3. The van der Waals surface area contributed by atoms with Crippen molar-refractivity contribution in [3.05, 3.63) is 57.6 Å². The molecule has 0 aromatic heterocycles. The molecule has 1 amide bonds. The van der Waals surface area contributed by atoms with E-state index in [1.165, 1.54) is 19.2 Å². The van der Waals surface area contributed by atoms with Crippen molar-refractivity contribution in [1.29, 1.82) is 0 Å². The van der Waals surface area contributed by atoms with Gasteiger partial charge in [0.1, 0.15) is 10.6 Å². The van der Waals surface area contributed by atoms with E-state index >= 15 is 0 Å². The van der Waals surface area contributed by atoms with Crippen LogP contribution in [0.15, 0.2) is 45.8 Å². The van der Waals surface area contributed by atoms with Crippen LogP contribution < -0.4 is 15.2 Å². The standard InChI is InChI=1S/C17H19BrN2O4S/c1-11-7-14(18)5-4-13(11)9-17(21)20-10-12-3-6-15(24-2)16(8-12)25(19,22)23/h3-8H,9-10H2,1-2H3,(H,20,21)(H2,19,22,23). The number of hydrogen-bond acceptors (Lipinski definition) is 4. The molecule has 0 unspecified atom stereocenters. The molecule has 0 radical (unpaired) electrons. The van der Waals surface area contributed by atoms with Gasteiger partial charge in [0, 0.05) is 11.0 Å². The van der Waals surface area contributed by atoms with Crippen LogP contribution in [0.5, 0.6) is 5.75 Å². The molecule has 0 bridgehead atoms. The van der Waals surface area contributed by atoms with Gasteiger partial charge in [0.25, 0.3) is 0 Å². The second-order valence-electron chi connectivity index (χ2n) is 5.55. The van der Waals surface area contributed by atoms with Crippen molar-refractivity contribution in [2.45, 2.75) is 24.8 Å². The van der Waals surface area contributed by atoms with Crippen LogP contribution in [0.2, 0.25) is 0 Å². The Bertz CT molecular complexity index is 898. The van der Waals surface area contributed by atoms with Crippen LogP contribution in [0.25, 0.3) is 0 Å². The first-order valence-corrected chi connectivity index (χ1v) is 9.76. The van der Waals surface area contributed by atoms with E-state index in [2.05, 4.69) is 21.2 Å². The number of benzene rings is 2. The minimum atomic E-state index is -3.91. The molecule has 0 aliphatic rings. The summed E-state index contributed by atoms with van der Waals surface area (Å²) in [6.45, 7) is 2.14. The van der Waals surface area contributed by atoms with Gasteiger partial charge in [0.2, 0.25) is 15.9 Å². The summed E-state index contributed by atoms with van der Waals surface area (Å²) < 4.78 is 29.2. The summed E-state index contributed by atoms with van der Waals surface area (Å²) >= 11 is 3.39. The number of nitrogens with one attached hydrogen (secondary N) is 1. The Balaban J connectivity index is 2.07. The molecule has 0 spiro atoms. The molecule has 2 rings (SSSR count). The summed E-state index contributed by atoms with van der Waals surface area (Å²) in [5, 5.41) is 7.97. The highest BCUT2D eigenvalue weighted by atomic mass is 79.9. The van der Waals surface area contributed by atoms with Crippen molar-refractivity contribution in [1.82, 2.24) is 5.32 Å². The molecule has 0 aliphatic carbocycles. The highest BCUT2D eigenvalue weighted by Gasteiger charge is 2.16. The van der Waals surface area contributed by atoms with Crippen molar-refractivity contribution in [2.24, 2.45) is 5.14 Å². The van der Waals surface area contributed by atoms with Crippen LogP contribution in [0.1, 0.15) is 16.7 Å². The van der Waals surface area contributed by atoms with Crippen molar-refractivity contribution >= 4 is 31.9 Å². The van der Waals surface area contributed by atoms with Gasteiger partial charge in [-0.3, -0.25) is 4.79 Å². The van der Waals surface area contributed by atoms with E-state index in [-0.39, 0.29) is 29.5 Å². The third-order valence-corrected chi connectivity index (χ3v) is 5.11. The number of methoxy groups -OCH3 is 1. The van der Waals surface area contributed by atoms with Gasteiger partial charge in [-0.05, 0) is 47.9 Å². The molecule has 2 aromatic carbocycles. The second kappa shape index (κ2) is 7.99. The van der Waals surface area contributed by atoms with Crippen LogP contribution in [-0.2, 0) is 27.8 Å². The van der Waals surface area contributed by atoms with E-state index in [9.17, 15) is 13.2 Å². The van der Waals surface area contributed by atoms with E-state index in [1.807, 2.05) is 25.1 Å². The number of rotatable bonds is 6. The molecule has 8 heteroatoms. The zero-order chi connectivity index (χ0) is 18.6. The van der Waals surface area contributed by atoms with Gasteiger partial charge < -0.3 is 10.1 Å². The number of primary sulfonamides is 1. The Morgan fingerprint density at radius 1 is 1.24 bits per heavy atom. The quantitative estimate of drug-likeness (QED) is 0.739. The molecule has 25 heavy (non-hydrogen) atoms. The topological polar surface area (TPSA) is 98.5 Å². The number of carbonyl (C=O) groups is 1. The predicted octanol–water partition coefficient (Wildman–Crippen LogP) is 2.27. The van der Waals surface area contributed by atoms with E-state index in [0.29, 0.717) is 5.56 Å². The number of carbonyl (C=O) groups excluding carboxylic acids is 1. The van der Waals surface area contributed by atoms with Gasteiger partial charge in [-0.15, -0.1) is 0 Å². The summed E-state index contributed by atoms with van der Waals surface area (Å²) in [5.41, 5.74) is 2.57. The molecule has 6 nitrogen and oxygen atoms in total. The first-order valence-electron chi connectivity index (χ1n) is 7.42. The highest BCUT2D eigenvalue weighted by molar-refractivity contribution is 9.10. The lowest BCUT2D eigenvalue weighted by atomic mass is 10.1. The smallest absolute Gasteiger partial charge is 0.241 e. The van der Waals surface area contributed by atoms with Gasteiger partial charge in [0.05, 0.1) is 13.5 Å². The Hall–Kier alpha value is -1.90. The van der Waals surface area contributed by atoms with Crippen LogP contribution in [0, 0.1) is 6.92 Å². The van der Waals surface area contributed by atoms with Gasteiger partial charge in [-0.2, -0.15) is 0 Å². The first-order chi connectivity index (χ1) is 11.7. The number of ether oxygens (including phenoxy) is 1. The number of amides is 1. The lowest BCUT2D eigenvalue weighted by molar-refractivity contribution is -0.120. The maximum Gasteiger partial charge on any atom is 0.241 e. The number of aryl methyl sites for hydroxylation is 1. The molecule has 0 fully saturated rings. The Morgan fingerprint density at radius 2 is 1.96 bits per heavy atom. The van der Waals surface area contributed by atoms with Crippen LogP contribution >= 0.6 is 15.9 Å². The lowest BCUT2D eigenvalue weighted by Crippen LogP contribution is -2.25. The van der Waals surface area contributed by atoms with E-state index < -0.39 is 10.0 Å². The van der Waals surface area contributed by atoms with Crippen LogP contribution in [0.3, 0.4) is 0 Å². The SMILES string of the molecule is COc1ccc(CNC(=O)Cc2ccc(Br)cc2C)cc1S(N)(=O)=O. The fraction of sp³-hybridized carbons (Fsp3) is 0.235. The maximum atomic E-state index is 12.1. The molecule has 2 aromatic rings. The van der Waals surface area contributed by atoms with E-state index in [1.54, 1.807) is 6.07 Å². The zero-order valence-electron chi connectivity index (χ0n) is 13.9. The van der Waals surface area contributed by atoms with E-state index in [0.717, 1.165) is 15.6 Å². The molecular formula is C17H19BrN2O4S. The molecule has 0 saturated heterocycles. The van der Waals surface area contributed by atoms with Gasteiger partial charge in [0.15, 0.2) is 0 Å². The minimum Gasteiger partial charge on any atom is -0.495 e. The fourth-order valence-corrected chi connectivity index (χ4v) is 3.57. The summed E-state index contributed by atoms with van der Waals surface area (Å²) in [4.78, 5) is 12.0. The Kier molecular flexibility index (Phi) is 6.21. The molecule has 3 N–H and O–H groups in total. The Labute approximate surface area is 155 Å². The van der Waals surface area contributed by atoms with Crippen molar-refractivity contribution in [3.8, 4) is 5.75 Å². The van der Waals surface area contributed by atoms with Crippen molar-refractivity contribution < 1.29 is 17.9 Å². The Morgan fingerprint density at radius 3 is 2.56 bits per heavy atom. The van der Waals surface area contributed by atoms with Gasteiger partial charge >= 0.3 is 0 Å². The third-order valence-electron chi connectivity index (χ3n) is 3.68. The highest BCUT2D eigenvalue weighted by Crippen LogP contribution is 2.23. The molecule has 0 heterocycles. The number of nitrogens with two attached hydrogens (primary N) is 1. The molecule has 0 saturated carbocycles. The van der Waals surface area contributed by atoms with Crippen molar-refractivity contribution in [3.63, 3.8) is 0 Å². The number of halogens is 1. The molecule has 0 atom stereocenters. The predicted molar refractivity (Wildman–Crippen MR) is 98.8 cm³/mol. The normalized spacial score (nSPS) is 11.2. The largest absolute Gasteiger partial charge is 0.495 e. The second-order valence-corrected chi connectivity index (χ2v) is 8.00. The first kappa shape index (κ1) is 19.4. The average molecular weight is 427 g/mol. The fourth-order valence-electron chi connectivity index (χ4n) is 2.35. The maximum absolute atomic E-state index is 12.1. The summed E-state index contributed by atoms with van der Waals surface area (Å²) in [5.74, 6) is 0.0152. The van der Waals surface area contributed by atoms with Crippen LogP contribution in [0.4, 0.5) is 0 Å². The summed E-state index contributed by atoms with van der Waals surface area (Å²) in [6.07, 6.45) is 0.247. The minimum absolute atomic E-state index is 0.106. The van der Waals surface area contributed by atoms with E-state index in [4.69, 9.17) is 9.88 Å². The summed E-state index contributed by atoms with van der Waals surface area (Å²) in [7, 11) is -2.54. The lowest BCUT2D eigenvalue weighted by Gasteiger charge is -2.11. The summed E-state index contributed by atoms with van der Waals surface area (Å²) in [6, 6.07) is 10.3. The third kappa shape index (κ3) is 5.29. The molecule has 134 valence electrons. The average Bonchev–Trinajstić information content (AvgIpc) is 2.54. The molecule has 0 aliphatic heterocycles. The number of sulfonamides is 1. The number of hydrogen-bond donors (Lipinski definition) is 2.